The van der Waals surface area contributed by atoms with Crippen molar-refractivity contribution in [3.63, 3.8) is 0 Å². The van der Waals surface area contributed by atoms with Crippen LogP contribution in [0.1, 0.15) is 97.8 Å². The fourth-order valence-electron chi connectivity index (χ4n) is 2.97. The van der Waals surface area contributed by atoms with Crippen LogP contribution in [0.15, 0.2) is 53.2 Å². The molecule has 0 aromatic carbocycles. The van der Waals surface area contributed by atoms with Gasteiger partial charge < -0.3 is 0 Å². The summed E-state index contributed by atoms with van der Waals surface area (Å²) in [6.07, 6.45) is 37.6. The monoisotopic (exact) mass is 452 g/mol. The number of allylic oxidation sites excluding steroid dienone is 12. The van der Waals surface area contributed by atoms with Gasteiger partial charge in [0.2, 0.25) is 0 Å². The first-order chi connectivity index (χ1) is 13.3. The van der Waals surface area contributed by atoms with Gasteiger partial charge in [-0.3, -0.25) is 18.2 Å². The van der Waals surface area contributed by atoms with Crippen LogP contribution in [0.4, 0.5) is 0 Å². The molecule has 1 heteroatoms. The minimum Gasteiger partial charge on any atom is -0.269 e. The molecule has 0 saturated heterocycles. The van der Waals surface area contributed by atoms with Crippen LogP contribution in [-0.2, 0) is 32.7 Å². The molecule has 0 radical (unpaired) electrons. The molecule has 0 aromatic heterocycles. The number of hydrogen-bond acceptors (Lipinski definition) is 0. The third-order valence-corrected chi connectivity index (χ3v) is 4.70. The summed E-state index contributed by atoms with van der Waals surface area (Å²) in [6, 6.07) is 0. The Morgan fingerprint density at radius 3 is 1.04 bits per heavy atom. The Morgan fingerprint density at radius 1 is 0.571 bits per heavy atom. The fraction of sp³-hybridized carbons (Fsp3) is 0.556. The molecule has 28 heavy (non-hydrogen) atoms. The first-order valence-electron chi connectivity index (χ1n) is 11.1. The van der Waals surface area contributed by atoms with Crippen LogP contribution >= 0.6 is 0 Å². The van der Waals surface area contributed by atoms with Crippen molar-refractivity contribution < 1.29 is 32.7 Å². The molecule has 3 aliphatic carbocycles. The summed E-state index contributed by atoms with van der Waals surface area (Å²) in [6.45, 7) is 6.66. The Kier molecular flexibility index (Phi) is 19.5. The number of unbranched alkanes of at least 4 members (excludes halogenated alkanes) is 3. The standard InChI is InChI=1S/3C9H13.Y/c3*1-2-3-6-9-7-4-5-8-9;/h3*4,7H,2-3,5-6H2,1H3;/q3*-1;+3. The summed E-state index contributed by atoms with van der Waals surface area (Å²) in [5.41, 5.74) is 4.24. The third kappa shape index (κ3) is 14.5. The van der Waals surface area contributed by atoms with Crippen LogP contribution in [0, 0.1) is 18.2 Å². The van der Waals surface area contributed by atoms with Gasteiger partial charge >= 0.3 is 32.7 Å². The van der Waals surface area contributed by atoms with E-state index in [9.17, 15) is 0 Å². The molecule has 0 bridgehead atoms. The average Bonchev–Trinajstić information content (AvgIpc) is 3.47. The van der Waals surface area contributed by atoms with Gasteiger partial charge in [-0.1, -0.05) is 78.6 Å². The zero-order valence-corrected chi connectivity index (χ0v) is 21.4. The fourth-order valence-corrected chi connectivity index (χ4v) is 2.97. The van der Waals surface area contributed by atoms with Gasteiger partial charge in [-0.25, -0.2) is 34.9 Å². The Hall–Kier alpha value is -0.456. The maximum atomic E-state index is 3.30. The maximum Gasteiger partial charge on any atom is 3.00 e. The quantitative estimate of drug-likeness (QED) is 0.307. The second-order valence-electron chi connectivity index (χ2n) is 7.24. The molecule has 0 amide bonds. The first kappa shape index (κ1) is 27.5. The smallest absolute Gasteiger partial charge is 0.269 e. The zero-order valence-electron chi connectivity index (χ0n) is 18.5. The summed E-state index contributed by atoms with van der Waals surface area (Å²) in [5, 5.41) is 0. The van der Waals surface area contributed by atoms with Crippen molar-refractivity contribution in [3.05, 3.63) is 71.4 Å². The van der Waals surface area contributed by atoms with Gasteiger partial charge in [-0.05, 0) is 0 Å². The molecule has 0 N–H and O–H groups in total. The predicted molar refractivity (Wildman–Crippen MR) is 120 cm³/mol. The van der Waals surface area contributed by atoms with E-state index in [0.717, 1.165) is 19.3 Å². The molecule has 0 unspecified atom stereocenters. The van der Waals surface area contributed by atoms with Crippen molar-refractivity contribution in [1.29, 1.82) is 0 Å². The third-order valence-electron chi connectivity index (χ3n) is 4.70. The minimum absolute atomic E-state index is 0. The summed E-state index contributed by atoms with van der Waals surface area (Å²) < 4.78 is 0. The van der Waals surface area contributed by atoms with E-state index in [1.807, 2.05) is 0 Å². The molecule has 0 spiro atoms. The second-order valence-corrected chi connectivity index (χ2v) is 7.24. The molecular weight excluding hydrogens is 413 g/mol. The second kappa shape index (κ2) is 19.8. The molecule has 0 nitrogen and oxygen atoms in total. The number of rotatable bonds is 9. The van der Waals surface area contributed by atoms with E-state index in [4.69, 9.17) is 0 Å². The Labute approximate surface area is 200 Å². The van der Waals surface area contributed by atoms with E-state index in [-0.39, 0.29) is 32.7 Å². The number of hydrogen-bond donors (Lipinski definition) is 0. The predicted octanol–water partition coefficient (Wildman–Crippen LogP) is 8.60. The summed E-state index contributed by atoms with van der Waals surface area (Å²) >= 11 is 0. The summed E-state index contributed by atoms with van der Waals surface area (Å²) in [7, 11) is 0. The normalized spacial score (nSPS) is 15.8. The van der Waals surface area contributed by atoms with Gasteiger partial charge in [0.25, 0.3) is 0 Å². The Morgan fingerprint density at radius 2 is 0.857 bits per heavy atom. The largest absolute Gasteiger partial charge is 3.00 e. The van der Waals surface area contributed by atoms with E-state index in [1.54, 1.807) is 0 Å². The van der Waals surface area contributed by atoms with Gasteiger partial charge in [0, 0.05) is 0 Å². The summed E-state index contributed by atoms with van der Waals surface area (Å²) in [5.74, 6) is 0. The van der Waals surface area contributed by atoms with Crippen LogP contribution in [0.5, 0.6) is 0 Å². The van der Waals surface area contributed by atoms with Crippen molar-refractivity contribution >= 4 is 0 Å². The Balaban J connectivity index is 0.000000384. The van der Waals surface area contributed by atoms with Gasteiger partial charge in [0.1, 0.15) is 0 Å². The van der Waals surface area contributed by atoms with Crippen molar-refractivity contribution in [2.24, 2.45) is 0 Å². The van der Waals surface area contributed by atoms with Crippen LogP contribution in [0.25, 0.3) is 0 Å². The van der Waals surface area contributed by atoms with Crippen LogP contribution in [0.3, 0.4) is 0 Å². The van der Waals surface area contributed by atoms with Crippen LogP contribution in [-0.4, -0.2) is 0 Å². The van der Waals surface area contributed by atoms with E-state index >= 15 is 0 Å². The van der Waals surface area contributed by atoms with Crippen LogP contribution < -0.4 is 0 Å². The zero-order chi connectivity index (χ0) is 19.6. The van der Waals surface area contributed by atoms with Gasteiger partial charge in [0.05, 0.1) is 0 Å². The topological polar surface area (TPSA) is 0 Å². The van der Waals surface area contributed by atoms with E-state index in [2.05, 4.69) is 75.5 Å². The van der Waals surface area contributed by atoms with E-state index < -0.39 is 0 Å². The van der Waals surface area contributed by atoms with E-state index in [1.165, 1.54) is 74.5 Å². The van der Waals surface area contributed by atoms with E-state index in [0.29, 0.717) is 0 Å². The van der Waals surface area contributed by atoms with Gasteiger partial charge in [0.15, 0.2) is 0 Å². The van der Waals surface area contributed by atoms with Crippen molar-refractivity contribution in [2.75, 3.05) is 0 Å². The molecule has 150 valence electrons. The molecule has 3 aliphatic rings. The molecule has 0 saturated carbocycles. The van der Waals surface area contributed by atoms with Gasteiger partial charge in [-0.2, -0.15) is 18.2 Å². The van der Waals surface area contributed by atoms with Gasteiger partial charge in [-0.15, -0.1) is 19.3 Å². The van der Waals surface area contributed by atoms with Crippen molar-refractivity contribution in [2.45, 2.75) is 97.8 Å². The molecule has 3 rings (SSSR count). The first-order valence-corrected chi connectivity index (χ1v) is 11.1. The molecule has 0 aromatic rings. The minimum atomic E-state index is 0. The maximum absolute atomic E-state index is 3.30. The SMILES string of the molecule is CCCCC1=[C-]CC=C1.CCCCC1=[C-]CC=C1.CCCCC1=[C-]CC=C1.[Y+3]. The average molecular weight is 453 g/mol. The van der Waals surface area contributed by atoms with Crippen molar-refractivity contribution in [1.82, 2.24) is 0 Å². The van der Waals surface area contributed by atoms with Crippen molar-refractivity contribution in [3.8, 4) is 0 Å². The Bertz CT molecular complexity index is 474. The molecular formula is C27H39Y. The molecule has 0 aliphatic heterocycles. The molecule has 0 fully saturated rings. The molecule has 0 atom stereocenters. The summed E-state index contributed by atoms with van der Waals surface area (Å²) in [4.78, 5) is 0. The van der Waals surface area contributed by atoms with Crippen LogP contribution in [0.2, 0.25) is 0 Å². The molecule has 0 heterocycles.